The Morgan fingerprint density at radius 1 is 1.38 bits per heavy atom. The summed E-state index contributed by atoms with van der Waals surface area (Å²) in [6, 6.07) is 0. The molecule has 16 heavy (non-hydrogen) atoms. The van der Waals surface area contributed by atoms with Gasteiger partial charge in [-0.1, -0.05) is 6.92 Å². The smallest absolute Gasteiger partial charge is 0.226 e. The Hall–Kier alpha value is -0.660. The molecule has 0 saturated heterocycles. The molecule has 0 aliphatic heterocycles. The molecule has 1 amide bonds. The van der Waals surface area contributed by atoms with E-state index in [2.05, 4.69) is 10.0 Å². The molecule has 0 aromatic carbocycles. The van der Waals surface area contributed by atoms with E-state index in [0.29, 0.717) is 6.54 Å². The fourth-order valence-corrected chi connectivity index (χ4v) is 1.88. The summed E-state index contributed by atoms with van der Waals surface area (Å²) in [4.78, 5) is 11.5. The van der Waals surface area contributed by atoms with Gasteiger partial charge in [-0.2, -0.15) is 0 Å². The Morgan fingerprint density at radius 2 is 1.94 bits per heavy atom. The Labute approximate surface area is 97.0 Å². The van der Waals surface area contributed by atoms with E-state index in [-0.39, 0.29) is 24.7 Å². The molecule has 6 nitrogen and oxygen atoms in total. The maximum absolute atomic E-state index is 11.5. The van der Waals surface area contributed by atoms with Crippen LogP contribution in [0.15, 0.2) is 0 Å². The van der Waals surface area contributed by atoms with E-state index in [0.717, 1.165) is 0 Å². The van der Waals surface area contributed by atoms with Gasteiger partial charge in [-0.25, -0.2) is 13.1 Å². The molecule has 0 rings (SSSR count). The number of carbonyl (C=O) groups excluding carboxylic acids is 1. The molecule has 4 N–H and O–H groups in total. The number of amides is 1. The lowest BCUT2D eigenvalue weighted by Gasteiger charge is -2.21. The molecule has 0 heterocycles. The first-order valence-corrected chi connectivity index (χ1v) is 6.86. The van der Waals surface area contributed by atoms with E-state index >= 15 is 0 Å². The van der Waals surface area contributed by atoms with Crippen molar-refractivity contribution in [2.45, 2.75) is 20.8 Å². The van der Waals surface area contributed by atoms with Crippen LogP contribution in [0.4, 0.5) is 0 Å². The highest BCUT2D eigenvalue weighted by molar-refractivity contribution is 7.89. The first kappa shape index (κ1) is 15.3. The summed E-state index contributed by atoms with van der Waals surface area (Å²) < 4.78 is 24.8. The van der Waals surface area contributed by atoms with Gasteiger partial charge < -0.3 is 11.1 Å². The summed E-state index contributed by atoms with van der Waals surface area (Å²) in [5.41, 5.74) is 4.76. The van der Waals surface area contributed by atoms with E-state index in [1.807, 2.05) is 0 Å². The minimum absolute atomic E-state index is 0.0948. The molecule has 0 spiro atoms. The quantitative estimate of drug-likeness (QED) is 0.541. The Balaban J connectivity index is 4.05. The second-order valence-electron chi connectivity index (χ2n) is 4.16. The van der Waals surface area contributed by atoms with Crippen LogP contribution in [-0.4, -0.2) is 39.7 Å². The minimum Gasteiger partial charge on any atom is -0.355 e. The Kier molecular flexibility index (Phi) is 5.91. The summed E-state index contributed by atoms with van der Waals surface area (Å²) in [6.45, 7) is 5.79. The van der Waals surface area contributed by atoms with Crippen LogP contribution in [0, 0.1) is 5.41 Å². The fourth-order valence-electron chi connectivity index (χ4n) is 0.923. The highest BCUT2D eigenvalue weighted by atomic mass is 32.2. The third-order valence-corrected chi connectivity index (χ3v) is 3.62. The van der Waals surface area contributed by atoms with Gasteiger partial charge in [0.1, 0.15) is 0 Å². The van der Waals surface area contributed by atoms with Crippen LogP contribution in [0.25, 0.3) is 0 Å². The maximum atomic E-state index is 11.5. The van der Waals surface area contributed by atoms with Gasteiger partial charge in [0.05, 0.1) is 11.2 Å². The molecule has 96 valence electrons. The van der Waals surface area contributed by atoms with Crippen LogP contribution in [0.5, 0.6) is 0 Å². The fraction of sp³-hybridized carbons (Fsp3) is 0.889. The number of sulfonamides is 1. The van der Waals surface area contributed by atoms with Gasteiger partial charge in [-0.3, -0.25) is 4.79 Å². The molecule has 0 unspecified atom stereocenters. The lowest BCUT2D eigenvalue weighted by Crippen LogP contribution is -2.44. The van der Waals surface area contributed by atoms with Crippen molar-refractivity contribution in [1.82, 2.24) is 10.0 Å². The second-order valence-corrected chi connectivity index (χ2v) is 6.09. The molecule has 7 heteroatoms. The first-order valence-electron chi connectivity index (χ1n) is 5.21. The number of carbonyl (C=O) groups is 1. The van der Waals surface area contributed by atoms with Gasteiger partial charge in [0.25, 0.3) is 0 Å². The number of nitrogens with one attached hydrogen (secondary N) is 2. The predicted molar refractivity (Wildman–Crippen MR) is 63.3 cm³/mol. The van der Waals surface area contributed by atoms with E-state index in [4.69, 9.17) is 5.73 Å². The molecule has 0 saturated carbocycles. The number of hydrogen-bond acceptors (Lipinski definition) is 4. The molecule has 0 aromatic rings. The molecule has 0 aliphatic rings. The minimum atomic E-state index is -3.28. The van der Waals surface area contributed by atoms with Crippen molar-refractivity contribution in [2.75, 3.05) is 25.4 Å². The average molecular weight is 251 g/mol. The molecule has 0 fully saturated rings. The SMILES string of the molecule is CCNS(=O)(=O)CCNC(=O)C(C)(C)CN. The van der Waals surface area contributed by atoms with Crippen molar-refractivity contribution >= 4 is 15.9 Å². The van der Waals surface area contributed by atoms with E-state index in [1.54, 1.807) is 20.8 Å². The molecule has 0 bridgehead atoms. The number of rotatable bonds is 7. The van der Waals surface area contributed by atoms with Crippen LogP contribution in [0.1, 0.15) is 20.8 Å². The lowest BCUT2D eigenvalue weighted by molar-refractivity contribution is -0.128. The topological polar surface area (TPSA) is 101 Å². The molecular formula is C9H21N3O3S. The van der Waals surface area contributed by atoms with Crippen LogP contribution < -0.4 is 15.8 Å². The van der Waals surface area contributed by atoms with Crippen molar-refractivity contribution < 1.29 is 13.2 Å². The molecule has 0 atom stereocenters. The van der Waals surface area contributed by atoms with E-state index in [9.17, 15) is 13.2 Å². The summed E-state index contributed by atoms with van der Waals surface area (Å²) in [5, 5.41) is 2.55. The van der Waals surface area contributed by atoms with E-state index < -0.39 is 15.4 Å². The van der Waals surface area contributed by atoms with Crippen LogP contribution in [-0.2, 0) is 14.8 Å². The summed E-state index contributed by atoms with van der Waals surface area (Å²) in [5.74, 6) is -0.352. The summed E-state index contributed by atoms with van der Waals surface area (Å²) in [7, 11) is -3.28. The van der Waals surface area contributed by atoms with Gasteiger partial charge in [-0.15, -0.1) is 0 Å². The molecular weight excluding hydrogens is 230 g/mol. The van der Waals surface area contributed by atoms with Gasteiger partial charge >= 0.3 is 0 Å². The third kappa shape index (κ3) is 5.43. The van der Waals surface area contributed by atoms with Gasteiger partial charge in [0, 0.05) is 19.6 Å². The van der Waals surface area contributed by atoms with Crippen LogP contribution >= 0.6 is 0 Å². The monoisotopic (exact) mass is 251 g/mol. The summed E-state index contributed by atoms with van der Waals surface area (Å²) >= 11 is 0. The van der Waals surface area contributed by atoms with E-state index in [1.165, 1.54) is 0 Å². The van der Waals surface area contributed by atoms with Crippen molar-refractivity contribution in [3.05, 3.63) is 0 Å². The highest BCUT2D eigenvalue weighted by Crippen LogP contribution is 2.11. The largest absolute Gasteiger partial charge is 0.355 e. The molecule has 0 aliphatic carbocycles. The predicted octanol–water partition coefficient (Wildman–Crippen LogP) is -0.973. The van der Waals surface area contributed by atoms with Crippen molar-refractivity contribution in [1.29, 1.82) is 0 Å². The zero-order valence-corrected chi connectivity index (χ0v) is 10.9. The first-order chi connectivity index (χ1) is 7.25. The number of nitrogens with two attached hydrogens (primary N) is 1. The zero-order chi connectivity index (χ0) is 12.8. The van der Waals surface area contributed by atoms with Crippen molar-refractivity contribution in [3.63, 3.8) is 0 Å². The normalized spacial score (nSPS) is 12.5. The van der Waals surface area contributed by atoms with Crippen molar-refractivity contribution in [3.8, 4) is 0 Å². The third-order valence-electron chi connectivity index (χ3n) is 2.15. The van der Waals surface area contributed by atoms with Gasteiger partial charge in [0.15, 0.2) is 0 Å². The highest BCUT2D eigenvalue weighted by Gasteiger charge is 2.25. The maximum Gasteiger partial charge on any atom is 0.226 e. The standard InChI is InChI=1S/C9H21N3O3S/c1-4-12-16(14,15)6-5-11-8(13)9(2,3)7-10/h12H,4-7,10H2,1-3H3,(H,11,13). The van der Waals surface area contributed by atoms with Gasteiger partial charge in [0.2, 0.25) is 15.9 Å². The Morgan fingerprint density at radius 3 is 2.38 bits per heavy atom. The van der Waals surface area contributed by atoms with Crippen LogP contribution in [0.3, 0.4) is 0 Å². The lowest BCUT2D eigenvalue weighted by atomic mass is 9.93. The molecule has 0 radical (unpaired) electrons. The second kappa shape index (κ2) is 6.17. The van der Waals surface area contributed by atoms with Crippen molar-refractivity contribution in [2.24, 2.45) is 11.1 Å². The van der Waals surface area contributed by atoms with Gasteiger partial charge in [-0.05, 0) is 13.8 Å². The zero-order valence-electron chi connectivity index (χ0n) is 10.0. The average Bonchev–Trinajstić information content (AvgIpc) is 2.17. The molecule has 0 aromatic heterocycles. The number of hydrogen-bond donors (Lipinski definition) is 3. The Bertz CT molecular complexity index is 325. The summed E-state index contributed by atoms with van der Waals surface area (Å²) in [6.07, 6.45) is 0. The van der Waals surface area contributed by atoms with Crippen LogP contribution in [0.2, 0.25) is 0 Å².